The molecule has 2 aliphatic heterocycles. The Morgan fingerprint density at radius 2 is 1.51 bits per heavy atom. The summed E-state index contributed by atoms with van der Waals surface area (Å²) in [6.45, 7) is 6.95. The molecule has 0 fully saturated rings. The first kappa shape index (κ1) is 30.2. The smallest absolute Gasteiger partial charge is 0.241 e. The number of carbonyl (C=O) groups excluding carboxylic acids is 1. The van der Waals surface area contributed by atoms with Crippen LogP contribution in [0.5, 0.6) is 23.0 Å². The Labute approximate surface area is 295 Å². The summed E-state index contributed by atoms with van der Waals surface area (Å²) >= 11 is 0. The second-order valence-electron chi connectivity index (χ2n) is 11.3. The van der Waals surface area contributed by atoms with Crippen LogP contribution in [0.25, 0.3) is 22.0 Å². The Bertz CT molecular complexity index is 2080. The quantitative estimate of drug-likeness (QED) is 0.0726. The molecule has 7 heteroatoms. The SMILES string of the molecule is [2H]/C(C(=O)C([2H])(CC)CC)=C(/O)C([2H])(CC)CC.[Ir].[c-]1ccc2c(c1-c1cc3ccccc3cn1)Oc1cccc3c1B2c1ccccc1O3. The minimum atomic E-state index is -1.37. The molecular formula is C40H39BIrNO4-. The van der Waals surface area contributed by atoms with Crippen LogP contribution in [0.15, 0.2) is 103 Å². The number of benzene rings is 4. The number of fused-ring (bicyclic) bond motifs is 5. The number of pyridine rings is 1. The van der Waals surface area contributed by atoms with Crippen LogP contribution in [-0.4, -0.2) is 22.6 Å². The normalized spacial score (nSPS) is 14.1. The second-order valence-corrected chi connectivity index (χ2v) is 11.3. The minimum absolute atomic E-state index is 0. The monoisotopic (exact) mass is 804 g/mol. The maximum absolute atomic E-state index is 12.1. The van der Waals surface area contributed by atoms with E-state index in [2.05, 4.69) is 42.5 Å². The number of allylic oxidation sites excluding steroid dienone is 2. The molecule has 3 heterocycles. The first-order valence-electron chi connectivity index (χ1n) is 17.5. The fourth-order valence-electron chi connectivity index (χ4n) is 6.19. The maximum Gasteiger partial charge on any atom is 0.241 e. The summed E-state index contributed by atoms with van der Waals surface area (Å²) in [4.78, 5) is 16.8. The van der Waals surface area contributed by atoms with Gasteiger partial charge < -0.3 is 19.6 Å². The van der Waals surface area contributed by atoms with Gasteiger partial charge in [0.15, 0.2) is 5.78 Å². The zero-order valence-electron chi connectivity index (χ0n) is 30.0. The van der Waals surface area contributed by atoms with Gasteiger partial charge in [0.25, 0.3) is 0 Å². The Morgan fingerprint density at radius 3 is 2.23 bits per heavy atom. The van der Waals surface area contributed by atoms with Crippen LogP contribution in [0.2, 0.25) is 0 Å². The Balaban J connectivity index is 0.000000223. The largest absolute Gasteiger partial charge is 0.512 e. The molecule has 2 aliphatic rings. The summed E-state index contributed by atoms with van der Waals surface area (Å²) in [6, 6.07) is 31.5. The average molecular weight is 804 g/mol. The topological polar surface area (TPSA) is 68.7 Å². The first-order chi connectivity index (χ1) is 23.6. The van der Waals surface area contributed by atoms with E-state index in [1.165, 1.54) is 0 Å². The number of aromatic nitrogens is 1. The molecule has 1 N–H and O–H groups in total. The van der Waals surface area contributed by atoms with E-state index >= 15 is 0 Å². The van der Waals surface area contributed by atoms with E-state index in [4.69, 9.17) is 18.6 Å². The van der Waals surface area contributed by atoms with Crippen molar-refractivity contribution < 1.29 is 43.6 Å². The summed E-state index contributed by atoms with van der Waals surface area (Å²) < 4.78 is 36.5. The van der Waals surface area contributed by atoms with E-state index in [1.54, 1.807) is 27.7 Å². The molecule has 0 spiro atoms. The van der Waals surface area contributed by atoms with Crippen molar-refractivity contribution in [2.45, 2.75) is 53.4 Å². The van der Waals surface area contributed by atoms with Gasteiger partial charge in [-0.1, -0.05) is 87.9 Å². The number of hydrogen-bond donors (Lipinski definition) is 1. The number of hydrogen-bond acceptors (Lipinski definition) is 5. The van der Waals surface area contributed by atoms with Crippen LogP contribution in [0.1, 0.15) is 57.5 Å². The molecular weight excluding hydrogens is 761 g/mol. The van der Waals surface area contributed by atoms with E-state index in [1.807, 2.05) is 54.7 Å². The Hall–Kier alpha value is -4.19. The molecule has 0 saturated heterocycles. The molecule has 1 aromatic heterocycles. The number of rotatable bonds is 8. The van der Waals surface area contributed by atoms with Crippen molar-refractivity contribution in [1.29, 1.82) is 0 Å². The molecule has 4 aromatic carbocycles. The summed E-state index contributed by atoms with van der Waals surface area (Å²) in [7, 11) is 0. The Kier molecular flexibility index (Phi) is 9.72. The number of aliphatic hydroxyl groups is 1. The molecule has 5 nitrogen and oxygen atoms in total. The third-order valence-corrected chi connectivity index (χ3v) is 8.75. The number of ether oxygens (including phenoxy) is 2. The molecule has 0 amide bonds. The molecule has 7 rings (SSSR count). The van der Waals surface area contributed by atoms with Crippen LogP contribution in [0.4, 0.5) is 0 Å². The predicted molar refractivity (Wildman–Crippen MR) is 188 cm³/mol. The summed E-state index contributed by atoms with van der Waals surface area (Å²) in [5.74, 6) is -0.474. The summed E-state index contributed by atoms with van der Waals surface area (Å²) in [5, 5.41) is 12.2. The van der Waals surface area contributed by atoms with E-state index in [0.717, 1.165) is 61.4 Å². The molecule has 0 unspecified atom stereocenters. The van der Waals surface area contributed by atoms with E-state index in [9.17, 15) is 9.90 Å². The minimum Gasteiger partial charge on any atom is -0.512 e. The Morgan fingerprint density at radius 1 is 0.872 bits per heavy atom. The zero-order chi connectivity index (χ0) is 34.9. The van der Waals surface area contributed by atoms with Gasteiger partial charge >= 0.3 is 0 Å². The third-order valence-electron chi connectivity index (χ3n) is 8.75. The van der Waals surface area contributed by atoms with Crippen LogP contribution in [0, 0.1) is 17.9 Å². The molecule has 0 saturated carbocycles. The number of ketones is 1. The van der Waals surface area contributed by atoms with Gasteiger partial charge in [0.1, 0.15) is 17.2 Å². The number of nitrogens with zero attached hydrogens (tertiary/aromatic N) is 1. The van der Waals surface area contributed by atoms with Crippen LogP contribution < -0.4 is 25.9 Å². The predicted octanol–water partition coefficient (Wildman–Crippen LogP) is 8.30. The van der Waals surface area contributed by atoms with Crippen molar-refractivity contribution in [2.75, 3.05) is 0 Å². The van der Waals surface area contributed by atoms with Gasteiger partial charge in [0, 0.05) is 58.1 Å². The third kappa shape index (κ3) is 6.79. The molecule has 0 atom stereocenters. The van der Waals surface area contributed by atoms with Gasteiger partial charge in [0.05, 0.1) is 7.13 Å². The van der Waals surface area contributed by atoms with Crippen molar-refractivity contribution in [1.82, 2.24) is 4.98 Å². The number of carbonyl (C=O) groups is 1. The maximum atomic E-state index is 12.1. The molecule has 0 aliphatic carbocycles. The van der Waals surface area contributed by atoms with E-state index in [-0.39, 0.29) is 26.8 Å². The van der Waals surface area contributed by atoms with Gasteiger partial charge in [0.2, 0.25) is 6.71 Å². The number of para-hydroxylation sites is 1. The zero-order valence-corrected chi connectivity index (χ0v) is 29.4. The number of aliphatic hydroxyl groups excluding tert-OH is 1. The molecule has 1 radical (unpaired) electrons. The van der Waals surface area contributed by atoms with Crippen LogP contribution >= 0.6 is 0 Å². The van der Waals surface area contributed by atoms with Gasteiger partial charge in [-0.15, -0.1) is 23.7 Å². The van der Waals surface area contributed by atoms with Gasteiger partial charge in [-0.05, 0) is 65.8 Å². The van der Waals surface area contributed by atoms with Crippen molar-refractivity contribution in [3.63, 3.8) is 0 Å². The van der Waals surface area contributed by atoms with Crippen molar-refractivity contribution in [3.05, 3.63) is 109 Å². The van der Waals surface area contributed by atoms with E-state index in [0.29, 0.717) is 25.7 Å². The van der Waals surface area contributed by atoms with E-state index < -0.39 is 29.4 Å². The van der Waals surface area contributed by atoms with Crippen LogP contribution in [0.3, 0.4) is 0 Å². The van der Waals surface area contributed by atoms with Gasteiger partial charge in [-0.3, -0.25) is 4.79 Å². The second kappa shape index (κ2) is 15.1. The molecule has 241 valence electrons. The fraction of sp³-hybridized carbons (Fsp3) is 0.250. The van der Waals surface area contributed by atoms with Crippen molar-refractivity contribution >= 4 is 39.7 Å². The van der Waals surface area contributed by atoms with Gasteiger partial charge in [-0.25, -0.2) is 0 Å². The molecule has 5 aromatic rings. The molecule has 0 bridgehead atoms. The molecule has 47 heavy (non-hydrogen) atoms. The standard InChI is InChI=1S/C27H15BNO2.C13H24O2.Ir/c1-2-8-18-16-29-22(15-17(18)7-1)19-9-5-11-21-27(19)31-25-14-6-13-24-26(25)28(21)20-10-3-4-12-23(20)30-24;1-5-10(6-2)12(14)9-13(15)11(7-3)8-4;/h1-8,10-16H;9-11,14H,5-8H2,1-4H3;/q-1;;/b;12-9-;/i;9D,10D,11D;. The van der Waals surface area contributed by atoms with Crippen LogP contribution in [-0.2, 0) is 24.9 Å². The van der Waals surface area contributed by atoms with Gasteiger partial charge in [-0.2, -0.15) is 0 Å². The average Bonchev–Trinajstić information content (AvgIpc) is 3.16. The summed E-state index contributed by atoms with van der Waals surface area (Å²) in [6.07, 6.45) is 3.15. The summed E-state index contributed by atoms with van der Waals surface area (Å²) in [5.41, 5.74) is 5.08. The van der Waals surface area contributed by atoms with Crippen molar-refractivity contribution in [2.24, 2.45) is 11.8 Å². The first-order valence-corrected chi connectivity index (χ1v) is 16.0. The van der Waals surface area contributed by atoms with Crippen molar-refractivity contribution in [3.8, 4) is 34.3 Å². The fourth-order valence-corrected chi connectivity index (χ4v) is 6.19.